The number of para-hydroxylation sites is 2. The van der Waals surface area contributed by atoms with Crippen molar-refractivity contribution in [1.29, 1.82) is 0 Å². The molecule has 3 aromatic rings. The highest BCUT2D eigenvalue weighted by atomic mass is 16.2. The van der Waals surface area contributed by atoms with Gasteiger partial charge in [-0.15, -0.1) is 0 Å². The van der Waals surface area contributed by atoms with Crippen molar-refractivity contribution in [3.63, 3.8) is 0 Å². The van der Waals surface area contributed by atoms with Crippen molar-refractivity contribution in [3.8, 4) is 5.69 Å². The summed E-state index contributed by atoms with van der Waals surface area (Å²) in [6, 6.07) is 14.5. The molecule has 1 saturated heterocycles. The van der Waals surface area contributed by atoms with E-state index in [0.29, 0.717) is 5.69 Å². The van der Waals surface area contributed by atoms with Gasteiger partial charge in [0.1, 0.15) is 12.9 Å². The second-order valence-corrected chi connectivity index (χ2v) is 5.84. The molecule has 1 aromatic heterocycles. The van der Waals surface area contributed by atoms with Gasteiger partial charge in [-0.2, -0.15) is 0 Å². The molecule has 0 unspecified atom stereocenters. The summed E-state index contributed by atoms with van der Waals surface area (Å²) >= 11 is 0. The Morgan fingerprint density at radius 1 is 1.12 bits per heavy atom. The van der Waals surface area contributed by atoms with Gasteiger partial charge in [0.05, 0.1) is 17.6 Å². The Kier molecular flexibility index (Phi) is 3.85. The number of imide groups is 1. The number of anilines is 1. The summed E-state index contributed by atoms with van der Waals surface area (Å²) in [5.74, 6) is -0.844. The third-order valence-electron chi connectivity index (χ3n) is 4.12. The van der Waals surface area contributed by atoms with Crippen molar-refractivity contribution in [1.82, 2.24) is 19.8 Å². The molecule has 0 radical (unpaired) electrons. The molecule has 0 atom stereocenters. The molecule has 2 N–H and O–H groups in total. The molecule has 0 saturated carbocycles. The number of aromatic nitrogens is 2. The minimum Gasteiger partial charge on any atom is -0.329 e. The van der Waals surface area contributed by atoms with Gasteiger partial charge >= 0.3 is 6.03 Å². The van der Waals surface area contributed by atoms with Gasteiger partial charge in [0.25, 0.3) is 5.91 Å². The minimum absolute atomic E-state index is 0.0698. The summed E-state index contributed by atoms with van der Waals surface area (Å²) in [5.41, 5.74) is 3.38. The van der Waals surface area contributed by atoms with E-state index in [-0.39, 0.29) is 13.1 Å². The first-order valence-corrected chi connectivity index (χ1v) is 8.02. The fourth-order valence-corrected chi connectivity index (χ4v) is 2.83. The van der Waals surface area contributed by atoms with Crippen molar-refractivity contribution < 1.29 is 14.4 Å². The molecule has 0 spiro atoms. The minimum atomic E-state index is -0.549. The highest BCUT2D eigenvalue weighted by Crippen LogP contribution is 2.19. The number of hydrogen-bond acceptors (Lipinski definition) is 4. The van der Waals surface area contributed by atoms with E-state index in [1.807, 2.05) is 41.0 Å². The molecule has 4 amide bonds. The number of fused-ring (bicyclic) bond motifs is 1. The summed E-state index contributed by atoms with van der Waals surface area (Å²) < 4.78 is 1.95. The highest BCUT2D eigenvalue weighted by molar-refractivity contribution is 6.06. The Hall–Kier alpha value is -3.68. The maximum absolute atomic E-state index is 12.0. The predicted octanol–water partition coefficient (Wildman–Crippen LogP) is 1.52. The third-order valence-corrected chi connectivity index (χ3v) is 4.12. The van der Waals surface area contributed by atoms with Crippen LogP contribution in [-0.4, -0.2) is 45.4 Å². The zero-order chi connectivity index (χ0) is 18.1. The molecule has 8 heteroatoms. The average Bonchev–Trinajstić information content (AvgIpc) is 3.21. The first kappa shape index (κ1) is 15.8. The van der Waals surface area contributed by atoms with Crippen molar-refractivity contribution in [3.05, 3.63) is 54.9 Å². The number of nitrogens with one attached hydrogen (secondary N) is 2. The van der Waals surface area contributed by atoms with E-state index in [2.05, 4.69) is 15.6 Å². The molecule has 2 heterocycles. The highest BCUT2D eigenvalue weighted by Gasteiger charge is 2.30. The van der Waals surface area contributed by atoms with Crippen molar-refractivity contribution >= 4 is 34.6 Å². The van der Waals surface area contributed by atoms with E-state index in [1.54, 1.807) is 18.5 Å². The van der Waals surface area contributed by atoms with Crippen LogP contribution in [0.3, 0.4) is 0 Å². The molecule has 1 aliphatic heterocycles. The topological polar surface area (TPSA) is 96.3 Å². The zero-order valence-corrected chi connectivity index (χ0v) is 13.7. The Balaban J connectivity index is 1.47. The number of amides is 4. The predicted molar refractivity (Wildman–Crippen MR) is 94.8 cm³/mol. The van der Waals surface area contributed by atoms with Crippen LogP contribution in [0.1, 0.15) is 0 Å². The van der Waals surface area contributed by atoms with E-state index in [9.17, 15) is 14.4 Å². The normalized spacial score (nSPS) is 13.9. The van der Waals surface area contributed by atoms with Crippen LogP contribution < -0.4 is 10.6 Å². The lowest BCUT2D eigenvalue weighted by Crippen LogP contribution is -2.38. The maximum atomic E-state index is 12.0. The quantitative estimate of drug-likeness (QED) is 0.698. The second kappa shape index (κ2) is 6.32. The molecule has 0 bridgehead atoms. The number of hydrogen-bond donors (Lipinski definition) is 2. The van der Waals surface area contributed by atoms with Crippen molar-refractivity contribution in [2.75, 3.05) is 18.4 Å². The lowest BCUT2D eigenvalue weighted by molar-refractivity contribution is -0.128. The van der Waals surface area contributed by atoms with Gasteiger partial charge in [0.2, 0.25) is 5.91 Å². The number of imidazole rings is 1. The van der Waals surface area contributed by atoms with Crippen molar-refractivity contribution in [2.24, 2.45) is 0 Å². The summed E-state index contributed by atoms with van der Waals surface area (Å²) in [7, 11) is 0. The Morgan fingerprint density at radius 3 is 2.62 bits per heavy atom. The van der Waals surface area contributed by atoms with Crippen LogP contribution >= 0.6 is 0 Å². The van der Waals surface area contributed by atoms with Gasteiger partial charge in [-0.1, -0.05) is 12.1 Å². The molecule has 1 aliphatic rings. The van der Waals surface area contributed by atoms with Crippen LogP contribution in [0.15, 0.2) is 54.9 Å². The summed E-state index contributed by atoms with van der Waals surface area (Å²) in [4.78, 5) is 40.3. The van der Waals surface area contributed by atoms with E-state index in [4.69, 9.17) is 0 Å². The van der Waals surface area contributed by atoms with Crippen LogP contribution in [0.4, 0.5) is 10.5 Å². The number of urea groups is 1. The molecule has 4 rings (SSSR count). The van der Waals surface area contributed by atoms with E-state index in [0.717, 1.165) is 21.6 Å². The first-order valence-electron chi connectivity index (χ1n) is 8.02. The number of carbonyl (C=O) groups is 3. The van der Waals surface area contributed by atoms with Gasteiger partial charge in [0, 0.05) is 11.4 Å². The van der Waals surface area contributed by atoms with Crippen LogP contribution in [-0.2, 0) is 9.59 Å². The van der Waals surface area contributed by atoms with Gasteiger partial charge in [-0.3, -0.25) is 19.1 Å². The maximum Gasteiger partial charge on any atom is 0.325 e. The van der Waals surface area contributed by atoms with Gasteiger partial charge < -0.3 is 10.6 Å². The summed E-state index contributed by atoms with van der Waals surface area (Å²) in [5, 5.41) is 5.06. The third kappa shape index (κ3) is 2.88. The number of nitrogens with zero attached hydrogens (tertiary/aromatic N) is 3. The zero-order valence-electron chi connectivity index (χ0n) is 13.7. The lowest BCUT2D eigenvalue weighted by atomic mass is 10.2. The van der Waals surface area contributed by atoms with Crippen LogP contribution in [0.2, 0.25) is 0 Å². The number of carbonyl (C=O) groups excluding carboxylic acids is 3. The van der Waals surface area contributed by atoms with Crippen LogP contribution in [0.25, 0.3) is 16.7 Å². The fourth-order valence-electron chi connectivity index (χ4n) is 2.83. The monoisotopic (exact) mass is 349 g/mol. The molecule has 0 aliphatic carbocycles. The van der Waals surface area contributed by atoms with Crippen LogP contribution in [0.5, 0.6) is 0 Å². The molecule has 8 nitrogen and oxygen atoms in total. The molecule has 1 fully saturated rings. The van der Waals surface area contributed by atoms with E-state index in [1.165, 1.54) is 0 Å². The molecule has 26 heavy (non-hydrogen) atoms. The van der Waals surface area contributed by atoms with Crippen molar-refractivity contribution in [2.45, 2.75) is 0 Å². The molecular formula is C18H15N5O3. The lowest BCUT2D eigenvalue weighted by Gasteiger charge is -2.12. The summed E-state index contributed by atoms with van der Waals surface area (Å²) in [6.45, 7) is -0.377. The molecule has 130 valence electrons. The Labute approximate surface area is 148 Å². The Morgan fingerprint density at radius 2 is 1.88 bits per heavy atom. The molecular weight excluding hydrogens is 334 g/mol. The van der Waals surface area contributed by atoms with Gasteiger partial charge in [0.15, 0.2) is 0 Å². The largest absolute Gasteiger partial charge is 0.329 e. The number of rotatable bonds is 4. The van der Waals surface area contributed by atoms with Gasteiger partial charge in [-0.05, 0) is 36.4 Å². The Bertz CT molecular complexity index is 993. The number of benzene rings is 2. The van der Waals surface area contributed by atoms with E-state index < -0.39 is 17.8 Å². The smallest absolute Gasteiger partial charge is 0.325 e. The fraction of sp³-hybridized carbons (Fsp3) is 0.111. The van der Waals surface area contributed by atoms with Crippen LogP contribution in [0, 0.1) is 0 Å². The second-order valence-electron chi connectivity index (χ2n) is 5.84. The standard InChI is InChI=1S/C18H15N5O3/c24-16(10-22-17(25)9-19-18(22)26)21-12-5-7-13(8-6-12)23-11-20-14-3-1-2-4-15(14)23/h1-8,11H,9-10H2,(H,19,26)(H,21,24). The first-order chi connectivity index (χ1) is 12.6. The molecule has 2 aromatic carbocycles. The SMILES string of the molecule is O=C(CN1C(=O)CNC1=O)Nc1ccc(-n2cnc3ccccc32)cc1. The summed E-state index contributed by atoms with van der Waals surface area (Å²) in [6.07, 6.45) is 1.75. The van der Waals surface area contributed by atoms with Gasteiger partial charge in [-0.25, -0.2) is 9.78 Å². The average molecular weight is 349 g/mol. The van der Waals surface area contributed by atoms with E-state index >= 15 is 0 Å².